The molecule has 1 aliphatic rings. The molecule has 1 saturated heterocycles. The third-order valence-corrected chi connectivity index (χ3v) is 6.37. The summed E-state index contributed by atoms with van der Waals surface area (Å²) in [5, 5.41) is 14.6. The summed E-state index contributed by atoms with van der Waals surface area (Å²) in [5.41, 5.74) is 3.47. The van der Waals surface area contributed by atoms with E-state index in [2.05, 4.69) is 10.2 Å². The van der Waals surface area contributed by atoms with Crippen molar-refractivity contribution >= 4 is 51.3 Å². The smallest absolute Gasteiger partial charge is 0.475 e. The molecule has 1 aliphatic heterocycles. The summed E-state index contributed by atoms with van der Waals surface area (Å²) in [6, 6.07) is 10.5. The maximum Gasteiger partial charge on any atom is 0.490 e. The van der Waals surface area contributed by atoms with Crippen LogP contribution in [-0.2, 0) is 4.79 Å². The van der Waals surface area contributed by atoms with Gasteiger partial charge in [0.25, 0.3) is 0 Å². The van der Waals surface area contributed by atoms with Gasteiger partial charge in [0.15, 0.2) is 5.13 Å². The Balaban J connectivity index is 0.000000406. The zero-order chi connectivity index (χ0) is 25.0. The van der Waals surface area contributed by atoms with Gasteiger partial charge in [-0.1, -0.05) is 23.2 Å². The zero-order valence-electron chi connectivity index (χ0n) is 17.7. The van der Waals surface area contributed by atoms with Crippen LogP contribution in [0.25, 0.3) is 11.3 Å². The third-order valence-electron chi connectivity index (χ3n) is 4.96. The van der Waals surface area contributed by atoms with E-state index in [0.717, 1.165) is 47.2 Å². The number of hydrogen-bond donors (Lipinski definition) is 2. The number of nitrogens with one attached hydrogen (secondary N) is 1. The number of carboxylic acid groups (broad SMARTS) is 1. The lowest BCUT2D eigenvalue weighted by molar-refractivity contribution is -0.192. The number of hydrogen-bond acceptors (Lipinski definition) is 5. The lowest BCUT2D eigenvalue weighted by Gasteiger charge is -2.29. The average molecular weight is 536 g/mol. The van der Waals surface area contributed by atoms with E-state index < -0.39 is 12.1 Å². The summed E-state index contributed by atoms with van der Waals surface area (Å²) >= 11 is 14.0. The van der Waals surface area contributed by atoms with E-state index in [4.69, 9.17) is 38.1 Å². The van der Waals surface area contributed by atoms with E-state index in [1.54, 1.807) is 29.5 Å². The lowest BCUT2D eigenvalue weighted by Crippen LogP contribution is -2.33. The van der Waals surface area contributed by atoms with Crippen molar-refractivity contribution in [2.45, 2.75) is 25.6 Å². The minimum absolute atomic E-state index is 0.230. The van der Waals surface area contributed by atoms with Gasteiger partial charge in [-0.2, -0.15) is 13.2 Å². The number of thiazole rings is 1. The van der Waals surface area contributed by atoms with Crippen LogP contribution in [0, 0.1) is 12.7 Å². The standard InChI is InChI=1S/C20H18Cl2FN3S.C2HF3O2/c1-12-8-14(23)3-5-19(12)26(15-6-7-24-10-15)20-25-18(11-27-20)16-9-13(21)2-4-17(16)22;3-2(4,5)1(6)7/h2-5,8-9,11,15,24H,6-7,10H2,1H3;(H,6,7). The maximum absolute atomic E-state index is 13.6. The Morgan fingerprint density at radius 3 is 2.53 bits per heavy atom. The monoisotopic (exact) mass is 535 g/mol. The molecule has 3 aromatic rings. The van der Waals surface area contributed by atoms with E-state index in [9.17, 15) is 17.6 Å². The van der Waals surface area contributed by atoms with Gasteiger partial charge in [0.05, 0.1) is 16.8 Å². The quantitative estimate of drug-likeness (QED) is 0.364. The van der Waals surface area contributed by atoms with Crippen molar-refractivity contribution in [2.75, 3.05) is 18.0 Å². The van der Waals surface area contributed by atoms with Crippen LogP contribution in [0.4, 0.5) is 28.4 Å². The number of anilines is 2. The van der Waals surface area contributed by atoms with Gasteiger partial charge >= 0.3 is 12.1 Å². The maximum atomic E-state index is 13.6. The number of carbonyl (C=O) groups is 1. The minimum atomic E-state index is -5.08. The van der Waals surface area contributed by atoms with Crippen LogP contribution in [0.15, 0.2) is 41.8 Å². The number of aromatic nitrogens is 1. The largest absolute Gasteiger partial charge is 0.490 e. The molecule has 34 heavy (non-hydrogen) atoms. The molecule has 0 amide bonds. The second-order valence-electron chi connectivity index (χ2n) is 7.39. The fraction of sp³-hybridized carbons (Fsp3) is 0.273. The first-order valence-corrected chi connectivity index (χ1v) is 11.6. The number of aliphatic carboxylic acids is 1. The molecule has 1 unspecified atom stereocenters. The number of aryl methyl sites for hydroxylation is 1. The van der Waals surface area contributed by atoms with Gasteiger partial charge in [-0.25, -0.2) is 14.2 Å². The van der Waals surface area contributed by atoms with Crippen molar-refractivity contribution in [3.63, 3.8) is 0 Å². The van der Waals surface area contributed by atoms with Gasteiger partial charge in [-0.15, -0.1) is 11.3 Å². The molecule has 5 nitrogen and oxygen atoms in total. The fourth-order valence-corrected chi connectivity index (χ4v) is 4.69. The molecule has 2 aromatic carbocycles. The number of rotatable bonds is 4. The van der Waals surface area contributed by atoms with E-state index in [-0.39, 0.29) is 11.9 Å². The van der Waals surface area contributed by atoms with Crippen LogP contribution < -0.4 is 10.2 Å². The first-order chi connectivity index (χ1) is 16.0. The van der Waals surface area contributed by atoms with Gasteiger partial charge in [0.1, 0.15) is 5.82 Å². The second-order valence-corrected chi connectivity index (χ2v) is 9.07. The molecule has 12 heteroatoms. The fourth-order valence-electron chi connectivity index (χ4n) is 3.40. The van der Waals surface area contributed by atoms with Gasteiger partial charge < -0.3 is 15.3 Å². The summed E-state index contributed by atoms with van der Waals surface area (Å²) < 4.78 is 45.4. The molecule has 1 atom stereocenters. The van der Waals surface area contributed by atoms with Crippen molar-refractivity contribution in [1.29, 1.82) is 0 Å². The van der Waals surface area contributed by atoms with E-state index in [1.807, 2.05) is 24.4 Å². The van der Waals surface area contributed by atoms with Crippen molar-refractivity contribution in [2.24, 2.45) is 0 Å². The highest BCUT2D eigenvalue weighted by atomic mass is 35.5. The molecular formula is C22H19Cl2F4N3O2S. The first-order valence-electron chi connectivity index (χ1n) is 9.94. The highest BCUT2D eigenvalue weighted by Gasteiger charge is 2.38. The molecule has 0 saturated carbocycles. The SMILES string of the molecule is Cc1cc(F)ccc1N(c1nc(-c2cc(Cl)ccc2Cl)cs1)C1CCNC1.O=C(O)C(F)(F)F. The average Bonchev–Trinajstić information content (AvgIpc) is 3.44. The van der Waals surface area contributed by atoms with Crippen LogP contribution >= 0.6 is 34.5 Å². The molecule has 1 aromatic heterocycles. The van der Waals surface area contributed by atoms with Crippen LogP contribution in [0.3, 0.4) is 0 Å². The molecule has 4 rings (SSSR count). The highest BCUT2D eigenvalue weighted by Crippen LogP contribution is 2.38. The Bertz CT molecular complexity index is 1170. The number of benzene rings is 2. The van der Waals surface area contributed by atoms with Crippen molar-refractivity contribution in [3.8, 4) is 11.3 Å². The summed E-state index contributed by atoms with van der Waals surface area (Å²) in [5.74, 6) is -2.99. The lowest BCUT2D eigenvalue weighted by atomic mass is 10.1. The molecule has 182 valence electrons. The molecule has 2 heterocycles. The minimum Gasteiger partial charge on any atom is -0.475 e. The van der Waals surface area contributed by atoms with Crippen LogP contribution in [-0.4, -0.2) is 41.4 Å². The van der Waals surface area contributed by atoms with Crippen molar-refractivity contribution in [1.82, 2.24) is 10.3 Å². The molecule has 0 aliphatic carbocycles. The van der Waals surface area contributed by atoms with Gasteiger partial charge in [-0.05, 0) is 61.9 Å². The first kappa shape index (κ1) is 26.2. The molecule has 0 radical (unpaired) electrons. The topological polar surface area (TPSA) is 65.5 Å². The molecule has 1 fully saturated rings. The van der Waals surface area contributed by atoms with Crippen LogP contribution in [0.2, 0.25) is 10.0 Å². The third kappa shape index (κ3) is 6.38. The molecule has 2 N–H and O–H groups in total. The Morgan fingerprint density at radius 1 is 1.24 bits per heavy atom. The van der Waals surface area contributed by atoms with Gasteiger partial charge in [0.2, 0.25) is 0 Å². The predicted molar refractivity (Wildman–Crippen MR) is 126 cm³/mol. The molecule has 0 spiro atoms. The number of carboxylic acids is 1. The zero-order valence-corrected chi connectivity index (χ0v) is 20.0. The molecule has 0 bridgehead atoms. The Labute approximate surface area is 206 Å². The van der Waals surface area contributed by atoms with Crippen LogP contribution in [0.1, 0.15) is 12.0 Å². The van der Waals surface area contributed by atoms with Gasteiger partial charge in [0, 0.05) is 28.2 Å². The number of alkyl halides is 3. The predicted octanol–water partition coefficient (Wildman–Crippen LogP) is 6.70. The Hall–Kier alpha value is -2.40. The number of halogens is 6. The van der Waals surface area contributed by atoms with Gasteiger partial charge in [-0.3, -0.25) is 0 Å². The Morgan fingerprint density at radius 2 is 1.94 bits per heavy atom. The summed E-state index contributed by atoms with van der Waals surface area (Å²) in [6.07, 6.45) is -4.08. The summed E-state index contributed by atoms with van der Waals surface area (Å²) in [7, 11) is 0. The number of nitrogens with zero attached hydrogens (tertiary/aromatic N) is 2. The van der Waals surface area contributed by atoms with Crippen molar-refractivity contribution < 1.29 is 27.5 Å². The van der Waals surface area contributed by atoms with E-state index in [0.29, 0.717) is 10.0 Å². The van der Waals surface area contributed by atoms with Crippen LogP contribution in [0.5, 0.6) is 0 Å². The van der Waals surface area contributed by atoms with Crippen molar-refractivity contribution in [3.05, 3.63) is 63.2 Å². The Kier molecular flexibility index (Phi) is 8.40. The van der Waals surface area contributed by atoms with E-state index >= 15 is 0 Å². The highest BCUT2D eigenvalue weighted by molar-refractivity contribution is 7.14. The summed E-state index contributed by atoms with van der Waals surface area (Å²) in [4.78, 5) is 16.0. The summed E-state index contributed by atoms with van der Waals surface area (Å²) in [6.45, 7) is 3.75. The van der Waals surface area contributed by atoms with E-state index in [1.165, 1.54) is 6.07 Å². The normalized spacial score (nSPS) is 15.6. The second kappa shape index (κ2) is 10.9. The molecular weight excluding hydrogens is 517 g/mol.